The summed E-state index contributed by atoms with van der Waals surface area (Å²) in [4.78, 5) is 24.5. The van der Waals surface area contributed by atoms with E-state index in [9.17, 15) is 18.0 Å². The second-order valence-electron chi connectivity index (χ2n) is 7.46. The SMILES string of the molecule is CCOC(=O)C(Cc1ccccc1)NS(=O)(=O)CCCNC(=O)C([NH3+])Cc1ccccc1. The van der Waals surface area contributed by atoms with E-state index in [0.717, 1.165) is 11.1 Å². The van der Waals surface area contributed by atoms with Crippen LogP contribution >= 0.6 is 0 Å². The summed E-state index contributed by atoms with van der Waals surface area (Å²) in [6, 6.07) is 17.2. The number of nitrogens with one attached hydrogen (secondary N) is 2. The van der Waals surface area contributed by atoms with Crippen LogP contribution in [0.5, 0.6) is 0 Å². The molecule has 0 aromatic heterocycles. The number of esters is 1. The molecule has 5 N–H and O–H groups in total. The maximum absolute atomic E-state index is 12.5. The average Bonchev–Trinajstić information content (AvgIpc) is 2.77. The van der Waals surface area contributed by atoms with Crippen molar-refractivity contribution in [3.63, 3.8) is 0 Å². The molecule has 174 valence electrons. The van der Waals surface area contributed by atoms with Crippen molar-refractivity contribution in [3.8, 4) is 0 Å². The first-order valence-electron chi connectivity index (χ1n) is 10.7. The first kappa shape index (κ1) is 25.5. The first-order chi connectivity index (χ1) is 15.3. The number of rotatable bonds is 13. The third-order valence-corrected chi connectivity index (χ3v) is 6.23. The van der Waals surface area contributed by atoms with Gasteiger partial charge in [0, 0.05) is 13.0 Å². The van der Waals surface area contributed by atoms with E-state index in [4.69, 9.17) is 4.74 Å². The standard InChI is InChI=1S/C23H31N3O5S/c1-2-31-23(28)21(17-19-12-7-4-8-13-19)26-32(29,30)15-9-14-25-22(27)20(24)16-18-10-5-3-6-11-18/h3-8,10-13,20-21,26H,2,9,14-17,24H2,1H3,(H,25,27)/p+1. The van der Waals surface area contributed by atoms with Crippen molar-refractivity contribution in [2.45, 2.75) is 38.3 Å². The van der Waals surface area contributed by atoms with E-state index in [1.165, 1.54) is 0 Å². The smallest absolute Gasteiger partial charge is 0.324 e. The van der Waals surface area contributed by atoms with Crippen molar-refractivity contribution in [1.29, 1.82) is 0 Å². The topological polar surface area (TPSA) is 129 Å². The van der Waals surface area contributed by atoms with Crippen LogP contribution in [0, 0.1) is 0 Å². The van der Waals surface area contributed by atoms with Crippen molar-refractivity contribution in [3.05, 3.63) is 71.8 Å². The summed E-state index contributed by atoms with van der Waals surface area (Å²) in [6.07, 6.45) is 0.908. The second kappa shape index (κ2) is 12.9. The number of hydrogen-bond donors (Lipinski definition) is 3. The minimum Gasteiger partial charge on any atom is -0.465 e. The zero-order valence-electron chi connectivity index (χ0n) is 18.3. The second-order valence-corrected chi connectivity index (χ2v) is 9.34. The number of carbonyl (C=O) groups excluding carboxylic acids is 2. The fourth-order valence-electron chi connectivity index (χ4n) is 3.15. The molecule has 0 heterocycles. The molecule has 32 heavy (non-hydrogen) atoms. The Kier molecular flexibility index (Phi) is 10.3. The molecule has 0 aliphatic carbocycles. The molecule has 2 unspecified atom stereocenters. The largest absolute Gasteiger partial charge is 0.465 e. The zero-order chi connectivity index (χ0) is 23.4. The third-order valence-electron chi connectivity index (χ3n) is 4.76. The van der Waals surface area contributed by atoms with E-state index in [0.29, 0.717) is 6.42 Å². The summed E-state index contributed by atoms with van der Waals surface area (Å²) < 4.78 is 32.5. The van der Waals surface area contributed by atoms with Crippen LogP contribution in [0.25, 0.3) is 0 Å². The number of quaternary nitrogens is 1. The Morgan fingerprint density at radius 3 is 2.09 bits per heavy atom. The monoisotopic (exact) mass is 462 g/mol. The van der Waals surface area contributed by atoms with Crippen LogP contribution in [0.2, 0.25) is 0 Å². The molecule has 0 radical (unpaired) electrons. The Morgan fingerprint density at radius 1 is 0.969 bits per heavy atom. The highest BCUT2D eigenvalue weighted by Crippen LogP contribution is 2.07. The number of carbonyl (C=O) groups is 2. The van der Waals surface area contributed by atoms with Crippen molar-refractivity contribution in [2.75, 3.05) is 18.9 Å². The van der Waals surface area contributed by atoms with E-state index >= 15 is 0 Å². The number of ether oxygens (including phenoxy) is 1. The summed E-state index contributed by atoms with van der Waals surface area (Å²) in [5, 5.41) is 2.73. The summed E-state index contributed by atoms with van der Waals surface area (Å²) in [6.45, 7) is 2.03. The zero-order valence-corrected chi connectivity index (χ0v) is 19.1. The molecule has 0 bridgehead atoms. The van der Waals surface area contributed by atoms with Gasteiger partial charge in [-0.05, 0) is 30.9 Å². The van der Waals surface area contributed by atoms with Crippen molar-refractivity contribution in [2.24, 2.45) is 0 Å². The molecule has 2 rings (SSSR count). The van der Waals surface area contributed by atoms with E-state index < -0.39 is 28.1 Å². The fraction of sp³-hybridized carbons (Fsp3) is 0.391. The predicted molar refractivity (Wildman–Crippen MR) is 122 cm³/mol. The number of hydrogen-bond acceptors (Lipinski definition) is 5. The van der Waals surface area contributed by atoms with Crippen LogP contribution in [0.15, 0.2) is 60.7 Å². The van der Waals surface area contributed by atoms with Gasteiger partial charge in [0.15, 0.2) is 6.04 Å². The Balaban J connectivity index is 1.82. The van der Waals surface area contributed by atoms with Crippen LogP contribution in [-0.4, -0.2) is 51.3 Å². The van der Waals surface area contributed by atoms with E-state index in [1.54, 1.807) is 6.92 Å². The highest BCUT2D eigenvalue weighted by Gasteiger charge is 2.26. The van der Waals surface area contributed by atoms with Crippen LogP contribution in [0.3, 0.4) is 0 Å². The minimum absolute atomic E-state index is 0.160. The van der Waals surface area contributed by atoms with Gasteiger partial charge in [-0.15, -0.1) is 0 Å². The average molecular weight is 463 g/mol. The summed E-state index contributed by atoms with van der Waals surface area (Å²) in [5.41, 5.74) is 5.71. The predicted octanol–water partition coefficient (Wildman–Crippen LogP) is 0.440. The lowest BCUT2D eigenvalue weighted by Crippen LogP contribution is -2.68. The Hall–Kier alpha value is -2.75. The molecule has 2 aromatic carbocycles. The molecule has 2 aromatic rings. The molecule has 0 saturated carbocycles. The van der Waals surface area contributed by atoms with Gasteiger partial charge in [0.1, 0.15) is 6.04 Å². The molecular weight excluding hydrogens is 430 g/mol. The molecular formula is C23H32N3O5S+. The summed E-state index contributed by atoms with van der Waals surface area (Å²) in [7, 11) is -3.75. The molecule has 0 fully saturated rings. The normalized spacial score (nSPS) is 13.2. The molecule has 8 nitrogen and oxygen atoms in total. The van der Waals surface area contributed by atoms with Gasteiger partial charge in [-0.25, -0.2) is 13.1 Å². The lowest BCUT2D eigenvalue weighted by molar-refractivity contribution is -0.403. The Labute approximate surface area is 189 Å². The molecule has 2 atom stereocenters. The van der Waals surface area contributed by atoms with Crippen molar-refractivity contribution < 1.29 is 28.5 Å². The van der Waals surface area contributed by atoms with Gasteiger partial charge in [-0.1, -0.05) is 60.7 Å². The van der Waals surface area contributed by atoms with Gasteiger partial charge in [0.05, 0.1) is 12.4 Å². The maximum atomic E-state index is 12.5. The van der Waals surface area contributed by atoms with Gasteiger partial charge < -0.3 is 15.8 Å². The van der Waals surface area contributed by atoms with E-state index in [-0.39, 0.29) is 37.7 Å². The van der Waals surface area contributed by atoms with E-state index in [1.807, 2.05) is 60.7 Å². The fourth-order valence-corrected chi connectivity index (χ4v) is 4.41. The van der Waals surface area contributed by atoms with Gasteiger partial charge >= 0.3 is 5.97 Å². The quantitative estimate of drug-likeness (QED) is 0.294. The van der Waals surface area contributed by atoms with Crippen LogP contribution in [0.1, 0.15) is 24.5 Å². The minimum atomic E-state index is -3.75. The van der Waals surface area contributed by atoms with Gasteiger partial charge in [0.25, 0.3) is 5.91 Å². The number of benzene rings is 2. The van der Waals surface area contributed by atoms with Crippen molar-refractivity contribution in [1.82, 2.24) is 10.0 Å². The van der Waals surface area contributed by atoms with Crippen LogP contribution < -0.4 is 15.8 Å². The molecule has 0 aliphatic rings. The highest BCUT2D eigenvalue weighted by molar-refractivity contribution is 7.89. The lowest BCUT2D eigenvalue weighted by atomic mass is 10.1. The molecule has 1 amide bonds. The molecule has 0 spiro atoms. The van der Waals surface area contributed by atoms with Crippen LogP contribution in [0.4, 0.5) is 0 Å². The summed E-state index contributed by atoms with van der Waals surface area (Å²) in [5.74, 6) is -1.07. The highest BCUT2D eigenvalue weighted by atomic mass is 32.2. The van der Waals surface area contributed by atoms with Crippen LogP contribution in [-0.2, 0) is 37.2 Å². The molecule has 0 saturated heterocycles. The summed E-state index contributed by atoms with van der Waals surface area (Å²) >= 11 is 0. The van der Waals surface area contributed by atoms with Gasteiger partial charge in [-0.2, -0.15) is 0 Å². The van der Waals surface area contributed by atoms with E-state index in [2.05, 4.69) is 15.8 Å². The Morgan fingerprint density at radius 2 is 1.53 bits per heavy atom. The third kappa shape index (κ3) is 9.17. The lowest BCUT2D eigenvalue weighted by Gasteiger charge is -2.17. The van der Waals surface area contributed by atoms with Gasteiger partial charge in [-0.3, -0.25) is 9.59 Å². The Bertz CT molecular complexity index is 952. The van der Waals surface area contributed by atoms with Crippen molar-refractivity contribution >= 4 is 21.9 Å². The number of amides is 1. The molecule has 0 aliphatic heterocycles. The molecule has 9 heteroatoms. The maximum Gasteiger partial charge on any atom is 0.324 e. The van der Waals surface area contributed by atoms with Gasteiger partial charge in [0.2, 0.25) is 10.0 Å². The first-order valence-corrected chi connectivity index (χ1v) is 12.3. The number of sulfonamides is 1.